The second-order valence-electron chi connectivity index (χ2n) is 4.26. The monoisotopic (exact) mass is 322 g/mol. The van der Waals surface area contributed by atoms with Crippen LogP contribution >= 0.6 is 12.4 Å². The minimum Gasteiger partial charge on any atom is -0.317 e. The van der Waals surface area contributed by atoms with Gasteiger partial charge in [-0.05, 0) is 32.0 Å². The van der Waals surface area contributed by atoms with Crippen LogP contribution < -0.4 is 10.0 Å². The van der Waals surface area contributed by atoms with Crippen LogP contribution in [0.2, 0.25) is 0 Å². The van der Waals surface area contributed by atoms with Crippen molar-refractivity contribution in [1.82, 2.24) is 15.0 Å². The summed E-state index contributed by atoms with van der Waals surface area (Å²) in [6.07, 6.45) is 2.37. The first-order valence-corrected chi connectivity index (χ1v) is 7.31. The van der Waals surface area contributed by atoms with Gasteiger partial charge in [0.25, 0.3) is 15.7 Å². The number of hydrogen-bond donors (Lipinski definition) is 2. The van der Waals surface area contributed by atoms with Gasteiger partial charge in [0, 0.05) is 12.1 Å². The fourth-order valence-corrected chi connectivity index (χ4v) is 3.09. The van der Waals surface area contributed by atoms with Gasteiger partial charge in [-0.2, -0.15) is 0 Å². The zero-order chi connectivity index (χ0) is 13.9. The van der Waals surface area contributed by atoms with E-state index in [2.05, 4.69) is 15.0 Å². The highest BCUT2D eigenvalue weighted by atomic mass is 35.5. The van der Waals surface area contributed by atoms with Crippen LogP contribution in [-0.2, 0) is 10.0 Å². The summed E-state index contributed by atoms with van der Waals surface area (Å²) in [5, 5.41) is 13.4. The molecule has 20 heavy (non-hydrogen) atoms. The molecule has 1 aromatic rings. The Balaban J connectivity index is 0.00000200. The Morgan fingerprint density at radius 2 is 2.00 bits per heavy atom. The zero-order valence-electron chi connectivity index (χ0n) is 10.5. The largest absolute Gasteiger partial charge is 0.317 e. The van der Waals surface area contributed by atoms with E-state index in [1.165, 1.54) is 0 Å². The number of hydrogen-bond acceptors (Lipinski definition) is 6. The standard InChI is InChI=1S/C10H14N4O4S.ClH/c15-14(16)9-1-2-10(12-7-9)19(17,18)13-8-3-5-11-6-4-8;/h1-2,7-8,11,13H,3-6H2;1H. The Morgan fingerprint density at radius 1 is 1.35 bits per heavy atom. The van der Waals surface area contributed by atoms with Crippen LogP contribution in [0.15, 0.2) is 23.4 Å². The summed E-state index contributed by atoms with van der Waals surface area (Å²) in [6.45, 7) is 1.53. The smallest absolute Gasteiger partial charge is 0.287 e. The predicted octanol–water partition coefficient (Wildman–Crippen LogP) is 0.442. The van der Waals surface area contributed by atoms with Crippen LogP contribution in [0, 0.1) is 10.1 Å². The summed E-state index contributed by atoms with van der Waals surface area (Å²) in [5.41, 5.74) is -0.235. The molecule has 2 heterocycles. The lowest BCUT2D eigenvalue weighted by Crippen LogP contribution is -2.42. The van der Waals surface area contributed by atoms with E-state index in [0.29, 0.717) is 12.8 Å². The van der Waals surface area contributed by atoms with E-state index in [9.17, 15) is 18.5 Å². The lowest BCUT2D eigenvalue weighted by atomic mass is 10.1. The van der Waals surface area contributed by atoms with Crippen molar-refractivity contribution in [3.05, 3.63) is 28.4 Å². The molecule has 112 valence electrons. The number of nitrogens with one attached hydrogen (secondary N) is 2. The Kier molecular flexibility index (Phi) is 5.81. The molecule has 0 atom stereocenters. The number of rotatable bonds is 4. The molecule has 8 nitrogen and oxygen atoms in total. The highest BCUT2D eigenvalue weighted by molar-refractivity contribution is 7.89. The van der Waals surface area contributed by atoms with E-state index < -0.39 is 14.9 Å². The molecule has 2 rings (SSSR count). The van der Waals surface area contributed by atoms with Crippen molar-refractivity contribution < 1.29 is 13.3 Å². The maximum Gasteiger partial charge on any atom is 0.287 e. The Labute approximate surface area is 122 Å². The Hall–Kier alpha value is -1.29. The van der Waals surface area contributed by atoms with Crippen molar-refractivity contribution in [2.75, 3.05) is 13.1 Å². The van der Waals surface area contributed by atoms with Crippen LogP contribution in [0.25, 0.3) is 0 Å². The first kappa shape index (κ1) is 16.8. The van der Waals surface area contributed by atoms with E-state index in [0.717, 1.165) is 31.4 Å². The SMILES string of the molecule is Cl.O=[N+]([O-])c1ccc(S(=O)(=O)NC2CCNCC2)nc1. The van der Waals surface area contributed by atoms with E-state index in [4.69, 9.17) is 0 Å². The van der Waals surface area contributed by atoms with Crippen molar-refractivity contribution >= 4 is 28.1 Å². The molecule has 1 aromatic heterocycles. The van der Waals surface area contributed by atoms with Crippen molar-refractivity contribution in [3.8, 4) is 0 Å². The zero-order valence-corrected chi connectivity index (χ0v) is 12.1. The highest BCUT2D eigenvalue weighted by Crippen LogP contribution is 2.14. The number of aromatic nitrogens is 1. The maximum atomic E-state index is 12.0. The van der Waals surface area contributed by atoms with E-state index >= 15 is 0 Å². The van der Waals surface area contributed by atoms with E-state index in [-0.39, 0.29) is 29.2 Å². The topological polar surface area (TPSA) is 114 Å². The van der Waals surface area contributed by atoms with Crippen molar-refractivity contribution in [2.24, 2.45) is 0 Å². The summed E-state index contributed by atoms with van der Waals surface area (Å²) in [7, 11) is -3.71. The lowest BCUT2D eigenvalue weighted by molar-refractivity contribution is -0.385. The average Bonchev–Trinajstić information content (AvgIpc) is 2.39. The predicted molar refractivity (Wildman–Crippen MR) is 74.4 cm³/mol. The molecule has 1 saturated heterocycles. The average molecular weight is 323 g/mol. The van der Waals surface area contributed by atoms with Gasteiger partial charge in [0.15, 0.2) is 5.03 Å². The molecule has 1 fully saturated rings. The van der Waals surface area contributed by atoms with Crippen molar-refractivity contribution in [3.63, 3.8) is 0 Å². The first-order valence-electron chi connectivity index (χ1n) is 5.82. The second kappa shape index (κ2) is 6.93. The molecule has 0 aliphatic carbocycles. The molecule has 0 aromatic carbocycles. The van der Waals surface area contributed by atoms with E-state index in [1.54, 1.807) is 0 Å². The van der Waals surface area contributed by atoms with E-state index in [1.807, 2.05) is 0 Å². The molecule has 10 heteroatoms. The third-order valence-electron chi connectivity index (χ3n) is 2.87. The van der Waals surface area contributed by atoms with Gasteiger partial charge < -0.3 is 5.32 Å². The molecule has 0 saturated carbocycles. The van der Waals surface area contributed by atoms with Gasteiger partial charge in [0.05, 0.1) is 4.92 Å². The maximum absolute atomic E-state index is 12.0. The summed E-state index contributed by atoms with van der Waals surface area (Å²) < 4.78 is 26.6. The Morgan fingerprint density at radius 3 is 2.50 bits per heavy atom. The molecule has 1 aliphatic heterocycles. The van der Waals surface area contributed by atoms with Crippen LogP contribution in [0.1, 0.15) is 12.8 Å². The minimum absolute atomic E-state index is 0. The number of piperidine rings is 1. The molecule has 0 bridgehead atoms. The number of sulfonamides is 1. The fraction of sp³-hybridized carbons (Fsp3) is 0.500. The molecule has 0 radical (unpaired) electrons. The molecule has 0 spiro atoms. The van der Waals surface area contributed by atoms with Crippen LogP contribution in [0.4, 0.5) is 5.69 Å². The van der Waals surface area contributed by atoms with Gasteiger partial charge >= 0.3 is 0 Å². The minimum atomic E-state index is -3.71. The summed E-state index contributed by atoms with van der Waals surface area (Å²) >= 11 is 0. The van der Waals surface area contributed by atoms with Gasteiger partial charge in [0.1, 0.15) is 6.20 Å². The molecular weight excluding hydrogens is 308 g/mol. The van der Waals surface area contributed by atoms with Gasteiger partial charge in [-0.25, -0.2) is 18.1 Å². The quantitative estimate of drug-likeness (QED) is 0.614. The normalized spacial score (nSPS) is 16.4. The fourth-order valence-electron chi connectivity index (χ4n) is 1.86. The Bertz CT molecular complexity index is 557. The van der Waals surface area contributed by atoms with Gasteiger partial charge in [0.2, 0.25) is 0 Å². The van der Waals surface area contributed by atoms with Crippen LogP contribution in [0.5, 0.6) is 0 Å². The summed E-state index contributed by atoms with van der Waals surface area (Å²) in [6, 6.07) is 2.15. The number of pyridine rings is 1. The lowest BCUT2D eigenvalue weighted by Gasteiger charge is -2.23. The number of nitro groups is 1. The van der Waals surface area contributed by atoms with Crippen LogP contribution in [-0.4, -0.2) is 37.5 Å². The van der Waals surface area contributed by atoms with Crippen molar-refractivity contribution in [2.45, 2.75) is 23.9 Å². The summed E-state index contributed by atoms with van der Waals surface area (Å²) in [5.74, 6) is 0. The third-order valence-corrected chi connectivity index (χ3v) is 4.30. The first-order chi connectivity index (χ1) is 8.99. The van der Waals surface area contributed by atoms with Gasteiger partial charge in [-0.1, -0.05) is 0 Å². The van der Waals surface area contributed by atoms with Crippen molar-refractivity contribution in [1.29, 1.82) is 0 Å². The second-order valence-corrected chi connectivity index (χ2v) is 5.92. The third kappa shape index (κ3) is 4.10. The molecule has 0 unspecified atom stereocenters. The number of nitrogens with zero attached hydrogens (tertiary/aromatic N) is 2. The highest BCUT2D eigenvalue weighted by Gasteiger charge is 2.23. The molecule has 0 amide bonds. The molecular formula is C10H15ClN4O4S. The summed E-state index contributed by atoms with van der Waals surface area (Å²) in [4.78, 5) is 13.5. The molecule has 2 N–H and O–H groups in total. The van der Waals surface area contributed by atoms with Gasteiger partial charge in [-0.3, -0.25) is 10.1 Å². The molecule has 1 aliphatic rings. The van der Waals surface area contributed by atoms with Gasteiger partial charge in [-0.15, -0.1) is 12.4 Å². The van der Waals surface area contributed by atoms with Crippen LogP contribution in [0.3, 0.4) is 0 Å². The number of halogens is 1.